The first kappa shape index (κ1) is 17.6. The Morgan fingerprint density at radius 1 is 1.00 bits per heavy atom. The molecule has 4 nitrogen and oxygen atoms in total. The largest absolute Gasteiger partial charge is 0.499 e. The summed E-state index contributed by atoms with van der Waals surface area (Å²) in [6, 6.07) is 3.69. The quantitative estimate of drug-likeness (QED) is 0.702. The van der Waals surface area contributed by atoms with E-state index < -0.39 is 30.2 Å². The summed E-state index contributed by atoms with van der Waals surface area (Å²) in [5.74, 6) is -0.745. The molecule has 0 aromatic heterocycles. The smallest absolute Gasteiger partial charge is 0.426 e. The van der Waals surface area contributed by atoms with Crippen LogP contribution in [0.1, 0.15) is 18.1 Å². The predicted molar refractivity (Wildman–Crippen MR) is 60.7 cm³/mol. The van der Waals surface area contributed by atoms with E-state index in [4.69, 9.17) is 5.11 Å². The number of hydrogen-bond donors (Lipinski definition) is 3. The van der Waals surface area contributed by atoms with Gasteiger partial charge in [-0.2, -0.15) is 22.0 Å². The van der Waals surface area contributed by atoms with Crippen molar-refractivity contribution in [3.8, 4) is 5.75 Å². The van der Waals surface area contributed by atoms with Gasteiger partial charge in [0.2, 0.25) is 0 Å². The van der Waals surface area contributed by atoms with Gasteiger partial charge >= 0.3 is 12.3 Å². The number of benzene rings is 1. The summed E-state index contributed by atoms with van der Waals surface area (Å²) in [5.41, 5.74) is 0.0821. The van der Waals surface area contributed by atoms with Crippen LogP contribution in [0.5, 0.6) is 5.75 Å². The Morgan fingerprint density at radius 3 is 1.95 bits per heavy atom. The lowest BCUT2D eigenvalue weighted by Gasteiger charge is -2.21. The van der Waals surface area contributed by atoms with Gasteiger partial charge in [-0.3, -0.25) is 0 Å². The Hall–Kier alpha value is -1.45. The molecule has 3 N–H and O–H groups in total. The Balaban J connectivity index is 2.79. The molecule has 1 rings (SSSR count). The minimum absolute atomic E-state index is 0.0821. The van der Waals surface area contributed by atoms with Gasteiger partial charge in [0, 0.05) is 6.61 Å². The van der Waals surface area contributed by atoms with Crippen LogP contribution in [0.25, 0.3) is 0 Å². The van der Waals surface area contributed by atoms with Crippen molar-refractivity contribution in [2.45, 2.75) is 30.9 Å². The fourth-order valence-electron chi connectivity index (χ4n) is 1.45. The highest BCUT2D eigenvalue weighted by molar-refractivity contribution is 5.29. The highest BCUT2D eigenvalue weighted by Gasteiger charge is 2.61. The summed E-state index contributed by atoms with van der Waals surface area (Å²) in [6.45, 7) is -0.378. The molecule has 0 aliphatic heterocycles. The van der Waals surface area contributed by atoms with E-state index in [1.165, 1.54) is 0 Å². The molecule has 0 spiro atoms. The number of halogens is 5. The van der Waals surface area contributed by atoms with E-state index in [1.54, 1.807) is 0 Å². The average Bonchev–Trinajstić information content (AvgIpc) is 2.37. The standard InChI is InChI=1S/C12H13F5O4/c13-11(14,15)12(16,17)21-8-3-1-7(2-4-8)10(20)9(19)5-6-18/h1-4,9-10,18-20H,5-6H2. The first-order valence-corrected chi connectivity index (χ1v) is 5.79. The maximum atomic E-state index is 12.6. The number of aliphatic hydroxyl groups excluding tert-OH is 3. The molecule has 1 aromatic rings. The van der Waals surface area contributed by atoms with Gasteiger partial charge in [0.1, 0.15) is 11.9 Å². The number of hydrogen-bond acceptors (Lipinski definition) is 4. The molecular formula is C12H13F5O4. The molecule has 0 saturated heterocycles. The summed E-state index contributed by atoms with van der Waals surface area (Å²) >= 11 is 0. The van der Waals surface area contributed by atoms with Gasteiger partial charge in [0.15, 0.2) is 0 Å². The maximum Gasteiger partial charge on any atom is 0.499 e. The summed E-state index contributed by atoms with van der Waals surface area (Å²) in [7, 11) is 0. The lowest BCUT2D eigenvalue weighted by molar-refractivity contribution is -0.360. The van der Waals surface area contributed by atoms with Gasteiger partial charge in [-0.25, -0.2) is 0 Å². The molecule has 2 atom stereocenters. The highest BCUT2D eigenvalue weighted by atomic mass is 19.4. The Bertz CT molecular complexity index is 446. The third-order valence-corrected chi connectivity index (χ3v) is 2.59. The summed E-state index contributed by atoms with van der Waals surface area (Å²) in [5, 5.41) is 27.7. The fourth-order valence-corrected chi connectivity index (χ4v) is 1.45. The lowest BCUT2D eigenvalue weighted by atomic mass is 10.0. The molecule has 0 radical (unpaired) electrons. The van der Waals surface area contributed by atoms with Crippen molar-refractivity contribution in [2.24, 2.45) is 0 Å². The molecule has 0 saturated carbocycles. The summed E-state index contributed by atoms with van der Waals surface area (Å²) in [4.78, 5) is 0. The van der Waals surface area contributed by atoms with E-state index in [2.05, 4.69) is 4.74 Å². The van der Waals surface area contributed by atoms with Crippen molar-refractivity contribution >= 4 is 0 Å². The number of ether oxygens (including phenoxy) is 1. The molecule has 120 valence electrons. The van der Waals surface area contributed by atoms with E-state index in [0.29, 0.717) is 0 Å². The molecule has 0 bridgehead atoms. The molecule has 0 heterocycles. The maximum absolute atomic E-state index is 12.6. The van der Waals surface area contributed by atoms with Crippen LogP contribution in [0.4, 0.5) is 22.0 Å². The second-order valence-corrected chi connectivity index (χ2v) is 4.21. The van der Waals surface area contributed by atoms with Crippen LogP contribution in [0.2, 0.25) is 0 Å². The molecule has 21 heavy (non-hydrogen) atoms. The van der Waals surface area contributed by atoms with Crippen LogP contribution in [0.15, 0.2) is 24.3 Å². The normalized spacial score (nSPS) is 15.6. The molecule has 0 fully saturated rings. The second-order valence-electron chi connectivity index (χ2n) is 4.21. The van der Waals surface area contributed by atoms with Gasteiger partial charge in [0.05, 0.1) is 6.10 Å². The minimum Gasteiger partial charge on any atom is -0.426 e. The van der Waals surface area contributed by atoms with E-state index in [-0.39, 0.29) is 18.6 Å². The minimum atomic E-state index is -5.84. The Kier molecular flexibility index (Phi) is 5.48. The Labute approximate surface area is 116 Å². The fraction of sp³-hybridized carbons (Fsp3) is 0.500. The predicted octanol–water partition coefficient (Wildman–Crippen LogP) is 2.00. The second kappa shape index (κ2) is 6.54. The molecule has 9 heteroatoms. The van der Waals surface area contributed by atoms with Crippen molar-refractivity contribution in [1.29, 1.82) is 0 Å². The Morgan fingerprint density at radius 2 is 1.52 bits per heavy atom. The molecule has 0 aliphatic rings. The SMILES string of the molecule is OCCC(O)C(O)c1ccc(OC(F)(F)C(F)(F)F)cc1. The van der Waals surface area contributed by atoms with Crippen molar-refractivity contribution in [2.75, 3.05) is 6.61 Å². The first-order valence-electron chi connectivity index (χ1n) is 5.79. The average molecular weight is 316 g/mol. The van der Waals surface area contributed by atoms with Crippen molar-refractivity contribution in [1.82, 2.24) is 0 Å². The van der Waals surface area contributed by atoms with Crippen LogP contribution >= 0.6 is 0 Å². The van der Waals surface area contributed by atoms with E-state index in [1.807, 2.05) is 0 Å². The van der Waals surface area contributed by atoms with Crippen LogP contribution in [-0.4, -0.2) is 40.3 Å². The number of alkyl halides is 5. The van der Waals surface area contributed by atoms with E-state index in [0.717, 1.165) is 24.3 Å². The number of rotatable bonds is 6. The third-order valence-electron chi connectivity index (χ3n) is 2.59. The van der Waals surface area contributed by atoms with Crippen molar-refractivity contribution in [3.05, 3.63) is 29.8 Å². The first-order chi connectivity index (χ1) is 9.58. The van der Waals surface area contributed by atoms with Gasteiger partial charge in [-0.05, 0) is 24.1 Å². The van der Waals surface area contributed by atoms with Crippen LogP contribution in [-0.2, 0) is 0 Å². The van der Waals surface area contributed by atoms with Crippen LogP contribution in [0.3, 0.4) is 0 Å². The van der Waals surface area contributed by atoms with Gasteiger partial charge in [-0.15, -0.1) is 0 Å². The lowest BCUT2D eigenvalue weighted by Crippen LogP contribution is -2.41. The highest BCUT2D eigenvalue weighted by Crippen LogP contribution is 2.37. The van der Waals surface area contributed by atoms with Crippen molar-refractivity contribution < 1.29 is 42.0 Å². The van der Waals surface area contributed by atoms with Crippen LogP contribution < -0.4 is 4.74 Å². The zero-order chi connectivity index (χ0) is 16.3. The van der Waals surface area contributed by atoms with E-state index in [9.17, 15) is 32.2 Å². The van der Waals surface area contributed by atoms with Gasteiger partial charge < -0.3 is 20.1 Å². The molecular weight excluding hydrogens is 303 g/mol. The molecule has 1 aromatic carbocycles. The van der Waals surface area contributed by atoms with Gasteiger partial charge in [-0.1, -0.05) is 12.1 Å². The zero-order valence-electron chi connectivity index (χ0n) is 10.5. The molecule has 2 unspecified atom stereocenters. The van der Waals surface area contributed by atoms with Crippen molar-refractivity contribution in [3.63, 3.8) is 0 Å². The van der Waals surface area contributed by atoms with Gasteiger partial charge in [0.25, 0.3) is 0 Å². The molecule has 0 aliphatic carbocycles. The number of aliphatic hydroxyl groups is 3. The third kappa shape index (κ3) is 4.51. The summed E-state index contributed by atoms with van der Waals surface area (Å²) < 4.78 is 64.7. The monoisotopic (exact) mass is 316 g/mol. The summed E-state index contributed by atoms with van der Waals surface area (Å²) in [6.07, 6.45) is -14.0. The van der Waals surface area contributed by atoms with E-state index >= 15 is 0 Å². The zero-order valence-corrected chi connectivity index (χ0v) is 10.5. The van der Waals surface area contributed by atoms with Crippen LogP contribution in [0, 0.1) is 0 Å². The molecule has 0 amide bonds. The topological polar surface area (TPSA) is 69.9 Å².